The van der Waals surface area contributed by atoms with E-state index in [0.29, 0.717) is 0 Å². The highest BCUT2D eigenvalue weighted by atomic mass is 32.1. The summed E-state index contributed by atoms with van der Waals surface area (Å²) in [6.07, 6.45) is 0. The van der Waals surface area contributed by atoms with E-state index in [1.54, 1.807) is 0 Å². The van der Waals surface area contributed by atoms with E-state index in [9.17, 15) is 4.79 Å². The molecule has 0 atom stereocenters. The molecule has 1 amide bonds. The number of hydrogen-bond acceptors (Lipinski definition) is 6. The summed E-state index contributed by atoms with van der Waals surface area (Å²) >= 11 is 0.894. The highest BCUT2D eigenvalue weighted by Crippen LogP contribution is 2.09. The number of nitrogens with two attached hydrogens (primary N) is 1. The first-order chi connectivity index (χ1) is 5.66. The van der Waals surface area contributed by atoms with Gasteiger partial charge in [0.15, 0.2) is 11.5 Å². The molecule has 0 aliphatic carbocycles. The Morgan fingerprint density at radius 3 is 2.75 bits per heavy atom. The van der Waals surface area contributed by atoms with E-state index in [-0.39, 0.29) is 11.5 Å². The summed E-state index contributed by atoms with van der Waals surface area (Å²) in [4.78, 5) is 15.9. The van der Waals surface area contributed by atoms with Crippen LogP contribution in [0.5, 0.6) is 0 Å². The lowest BCUT2D eigenvalue weighted by molar-refractivity contribution is -0.0759. The van der Waals surface area contributed by atoms with Gasteiger partial charge < -0.3 is 5.73 Å². The second kappa shape index (κ2) is 3.46. The number of rotatable bonds is 2. The average Bonchev–Trinajstić information content (AvgIpc) is 2.48. The first-order valence-corrected chi connectivity index (χ1v) is 3.80. The van der Waals surface area contributed by atoms with Crippen molar-refractivity contribution >= 4 is 23.5 Å². The van der Waals surface area contributed by atoms with Gasteiger partial charge in [-0.1, -0.05) is 0 Å². The molecule has 7 heteroatoms. The molecule has 6 nitrogen and oxygen atoms in total. The van der Waals surface area contributed by atoms with E-state index >= 15 is 0 Å². The standard InChI is InChI=1S/C5H8N4O2S/c1-9(11-2)5(10)3-4(6)8-12-7-3/h1-2H3,(H2,6,8). The molecule has 0 saturated carbocycles. The molecule has 0 fully saturated rings. The molecule has 0 unspecified atom stereocenters. The van der Waals surface area contributed by atoms with Gasteiger partial charge in [-0.2, -0.15) is 8.75 Å². The second-order valence-corrected chi connectivity index (χ2v) is 2.51. The van der Waals surface area contributed by atoms with Crippen molar-refractivity contribution in [1.82, 2.24) is 13.8 Å². The number of amides is 1. The molecule has 2 N–H and O–H groups in total. The van der Waals surface area contributed by atoms with Gasteiger partial charge in [0.2, 0.25) is 0 Å². The topological polar surface area (TPSA) is 81.3 Å². The number of hydroxylamine groups is 2. The van der Waals surface area contributed by atoms with Gasteiger partial charge in [-0.05, 0) is 0 Å². The van der Waals surface area contributed by atoms with Crippen LogP contribution < -0.4 is 5.73 Å². The third kappa shape index (κ3) is 1.51. The van der Waals surface area contributed by atoms with Crippen LogP contribution in [0.1, 0.15) is 10.5 Å². The van der Waals surface area contributed by atoms with Crippen LogP contribution >= 0.6 is 11.7 Å². The van der Waals surface area contributed by atoms with Crippen molar-refractivity contribution in [2.24, 2.45) is 0 Å². The van der Waals surface area contributed by atoms with Gasteiger partial charge in [-0.3, -0.25) is 9.63 Å². The smallest absolute Gasteiger partial charge is 0.300 e. The molecule has 66 valence electrons. The maximum absolute atomic E-state index is 11.3. The summed E-state index contributed by atoms with van der Waals surface area (Å²) in [6, 6.07) is 0. The zero-order chi connectivity index (χ0) is 9.14. The Kier molecular flexibility index (Phi) is 2.56. The molecule has 0 bridgehead atoms. The van der Waals surface area contributed by atoms with Gasteiger partial charge in [0.25, 0.3) is 0 Å². The lowest BCUT2D eigenvalue weighted by Crippen LogP contribution is -2.26. The minimum Gasteiger partial charge on any atom is -0.381 e. The Labute approximate surface area is 73.2 Å². The first kappa shape index (κ1) is 8.88. The predicted octanol–water partition coefficient (Wildman–Crippen LogP) is -0.246. The summed E-state index contributed by atoms with van der Waals surface area (Å²) < 4.78 is 7.38. The zero-order valence-electron chi connectivity index (χ0n) is 6.64. The summed E-state index contributed by atoms with van der Waals surface area (Å²) in [5.74, 6) is -0.266. The van der Waals surface area contributed by atoms with Crippen molar-refractivity contribution in [2.45, 2.75) is 0 Å². The van der Waals surface area contributed by atoms with E-state index in [0.717, 1.165) is 16.8 Å². The van der Waals surface area contributed by atoms with Crippen molar-refractivity contribution in [3.8, 4) is 0 Å². The molecule has 0 aliphatic heterocycles. The van der Waals surface area contributed by atoms with E-state index in [1.165, 1.54) is 14.2 Å². The summed E-state index contributed by atoms with van der Waals surface area (Å²) in [5.41, 5.74) is 5.50. The van der Waals surface area contributed by atoms with Gasteiger partial charge in [0.1, 0.15) is 0 Å². The largest absolute Gasteiger partial charge is 0.381 e. The van der Waals surface area contributed by atoms with Crippen LogP contribution in [0, 0.1) is 0 Å². The second-order valence-electron chi connectivity index (χ2n) is 1.98. The van der Waals surface area contributed by atoms with Gasteiger partial charge in [-0.25, -0.2) is 5.06 Å². The van der Waals surface area contributed by atoms with Crippen LogP contribution in [0.2, 0.25) is 0 Å². The van der Waals surface area contributed by atoms with Crippen molar-refractivity contribution in [1.29, 1.82) is 0 Å². The maximum atomic E-state index is 11.3. The lowest BCUT2D eigenvalue weighted by atomic mass is 10.4. The molecule has 0 saturated heterocycles. The third-order valence-electron chi connectivity index (χ3n) is 1.28. The first-order valence-electron chi connectivity index (χ1n) is 3.07. The van der Waals surface area contributed by atoms with Crippen molar-refractivity contribution in [3.63, 3.8) is 0 Å². The number of aromatic nitrogens is 2. The maximum Gasteiger partial charge on any atom is 0.300 e. The fourth-order valence-electron chi connectivity index (χ4n) is 0.576. The fraction of sp³-hybridized carbons (Fsp3) is 0.400. The Balaban J connectivity index is 2.85. The van der Waals surface area contributed by atoms with Crippen LogP contribution in [0.15, 0.2) is 0 Å². The number of anilines is 1. The number of nitrogens with zero attached hydrogens (tertiary/aromatic N) is 3. The molecule has 0 aromatic carbocycles. The van der Waals surface area contributed by atoms with Crippen LogP contribution in [0.3, 0.4) is 0 Å². The minimum atomic E-state index is -0.399. The van der Waals surface area contributed by atoms with E-state index in [1.807, 2.05) is 0 Å². The van der Waals surface area contributed by atoms with Crippen LogP contribution in [0.4, 0.5) is 5.82 Å². The predicted molar refractivity (Wildman–Crippen MR) is 43.4 cm³/mol. The Morgan fingerprint density at radius 2 is 2.33 bits per heavy atom. The molecule has 0 spiro atoms. The summed E-state index contributed by atoms with van der Waals surface area (Å²) in [6.45, 7) is 0. The highest BCUT2D eigenvalue weighted by Gasteiger charge is 2.18. The Hall–Kier alpha value is -1.21. The van der Waals surface area contributed by atoms with Gasteiger partial charge in [0, 0.05) is 7.05 Å². The molecule has 0 aliphatic rings. The Morgan fingerprint density at radius 1 is 1.67 bits per heavy atom. The summed E-state index contributed by atoms with van der Waals surface area (Å²) in [7, 11) is 2.86. The van der Waals surface area contributed by atoms with Crippen molar-refractivity contribution in [3.05, 3.63) is 5.69 Å². The number of nitrogen functional groups attached to an aromatic ring is 1. The molecule has 1 aromatic rings. The molecule has 1 rings (SSSR count). The SMILES string of the molecule is CON(C)C(=O)c1nsnc1N. The zero-order valence-corrected chi connectivity index (χ0v) is 7.46. The minimum absolute atomic E-state index is 0.129. The average molecular weight is 188 g/mol. The molecule has 0 radical (unpaired) electrons. The van der Waals surface area contributed by atoms with E-state index in [4.69, 9.17) is 5.73 Å². The van der Waals surface area contributed by atoms with Gasteiger partial charge in [0.05, 0.1) is 18.8 Å². The lowest BCUT2D eigenvalue weighted by Gasteiger charge is -2.11. The normalized spacial score (nSPS) is 9.83. The molecule has 1 heterocycles. The van der Waals surface area contributed by atoms with E-state index < -0.39 is 5.91 Å². The van der Waals surface area contributed by atoms with Crippen LogP contribution in [-0.4, -0.2) is 33.9 Å². The fourth-order valence-corrected chi connectivity index (χ4v) is 1.04. The van der Waals surface area contributed by atoms with Gasteiger partial charge in [-0.15, -0.1) is 0 Å². The number of hydrogen-bond donors (Lipinski definition) is 1. The molecular weight excluding hydrogens is 180 g/mol. The Bertz CT molecular complexity index is 287. The number of carbonyl (C=O) groups excluding carboxylic acids is 1. The van der Waals surface area contributed by atoms with Crippen molar-refractivity contribution < 1.29 is 9.63 Å². The van der Waals surface area contributed by atoms with Crippen LogP contribution in [-0.2, 0) is 4.84 Å². The van der Waals surface area contributed by atoms with E-state index in [2.05, 4.69) is 13.6 Å². The highest BCUT2D eigenvalue weighted by molar-refractivity contribution is 6.99. The quantitative estimate of drug-likeness (QED) is 0.647. The van der Waals surface area contributed by atoms with Gasteiger partial charge >= 0.3 is 5.91 Å². The molecule has 12 heavy (non-hydrogen) atoms. The van der Waals surface area contributed by atoms with Crippen molar-refractivity contribution in [2.75, 3.05) is 19.9 Å². The molecular formula is C5H8N4O2S. The summed E-state index contributed by atoms with van der Waals surface area (Å²) in [5, 5.41) is 1.03. The number of carbonyl (C=O) groups is 1. The molecule has 1 aromatic heterocycles. The monoisotopic (exact) mass is 188 g/mol. The van der Waals surface area contributed by atoms with Crippen LogP contribution in [0.25, 0.3) is 0 Å². The third-order valence-corrected chi connectivity index (χ3v) is 1.82.